The van der Waals surface area contributed by atoms with Crippen molar-refractivity contribution in [2.24, 2.45) is 0 Å². The Morgan fingerprint density at radius 3 is 2.75 bits per heavy atom. The molecule has 0 saturated carbocycles. The zero-order valence-corrected chi connectivity index (χ0v) is 11.8. The number of fused-ring (bicyclic) bond motifs is 1. The maximum Gasteiger partial charge on any atom is 0.358 e. The van der Waals surface area contributed by atoms with Gasteiger partial charge in [-0.15, -0.1) is 0 Å². The van der Waals surface area contributed by atoms with Gasteiger partial charge in [0, 0.05) is 17.6 Å². The zero-order chi connectivity index (χ0) is 14.5. The van der Waals surface area contributed by atoms with Crippen LogP contribution in [0.2, 0.25) is 0 Å². The van der Waals surface area contributed by atoms with E-state index >= 15 is 0 Å². The molecule has 20 heavy (non-hydrogen) atoms. The number of aromatic nitrogens is 1. The van der Waals surface area contributed by atoms with Crippen molar-refractivity contribution in [3.63, 3.8) is 0 Å². The van der Waals surface area contributed by atoms with Crippen molar-refractivity contribution in [2.45, 2.75) is 6.92 Å². The minimum absolute atomic E-state index is 0.304. The van der Waals surface area contributed by atoms with Gasteiger partial charge in [-0.25, -0.2) is 4.79 Å². The standard InChI is InChI=1S/C15H17NO4/c1-4-20-12-6-5-11-7-8-16(13(11)9-12)14(10-18-2)15(17)19-3/h5-10H,4H2,1-3H3. The summed E-state index contributed by atoms with van der Waals surface area (Å²) >= 11 is 0. The van der Waals surface area contributed by atoms with E-state index in [1.54, 1.807) is 10.8 Å². The van der Waals surface area contributed by atoms with Crippen molar-refractivity contribution in [2.75, 3.05) is 20.8 Å². The molecule has 0 spiro atoms. The number of benzene rings is 1. The first kappa shape index (κ1) is 14.0. The Morgan fingerprint density at radius 2 is 2.10 bits per heavy atom. The zero-order valence-electron chi connectivity index (χ0n) is 11.8. The van der Waals surface area contributed by atoms with Crippen LogP contribution in [0.1, 0.15) is 6.92 Å². The number of carbonyl (C=O) groups is 1. The Kier molecular flexibility index (Phi) is 4.30. The lowest BCUT2D eigenvalue weighted by atomic mass is 10.2. The Balaban J connectivity index is 2.54. The summed E-state index contributed by atoms with van der Waals surface area (Å²) in [6.07, 6.45) is 3.15. The van der Waals surface area contributed by atoms with E-state index in [1.807, 2.05) is 31.2 Å². The number of rotatable bonds is 5. The topological polar surface area (TPSA) is 49.7 Å². The van der Waals surface area contributed by atoms with Crippen LogP contribution in [-0.2, 0) is 14.3 Å². The predicted octanol–water partition coefficient (Wildman–Crippen LogP) is 2.66. The van der Waals surface area contributed by atoms with E-state index in [0.717, 1.165) is 16.7 Å². The number of hydrogen-bond acceptors (Lipinski definition) is 4. The summed E-state index contributed by atoms with van der Waals surface area (Å²) < 4.78 is 16.9. The molecule has 0 aliphatic heterocycles. The van der Waals surface area contributed by atoms with Crippen molar-refractivity contribution in [3.05, 3.63) is 36.7 Å². The van der Waals surface area contributed by atoms with Crippen molar-refractivity contribution < 1.29 is 19.0 Å². The molecule has 1 aromatic heterocycles. The van der Waals surface area contributed by atoms with Crippen LogP contribution in [0.25, 0.3) is 16.6 Å². The lowest BCUT2D eigenvalue weighted by Gasteiger charge is -2.09. The number of esters is 1. The van der Waals surface area contributed by atoms with Crippen LogP contribution in [0.4, 0.5) is 0 Å². The lowest BCUT2D eigenvalue weighted by molar-refractivity contribution is -0.134. The normalized spacial score (nSPS) is 11.4. The number of hydrogen-bond donors (Lipinski definition) is 0. The van der Waals surface area contributed by atoms with E-state index in [0.29, 0.717) is 12.3 Å². The van der Waals surface area contributed by atoms with Gasteiger partial charge >= 0.3 is 5.97 Å². The van der Waals surface area contributed by atoms with Gasteiger partial charge in [-0.05, 0) is 25.1 Å². The average Bonchev–Trinajstić information content (AvgIpc) is 2.87. The summed E-state index contributed by atoms with van der Waals surface area (Å²) in [6.45, 7) is 2.51. The molecule has 5 nitrogen and oxygen atoms in total. The Bertz CT molecular complexity index is 642. The van der Waals surface area contributed by atoms with Crippen LogP contribution in [0, 0.1) is 0 Å². The predicted molar refractivity (Wildman–Crippen MR) is 76.4 cm³/mol. The van der Waals surface area contributed by atoms with Gasteiger partial charge in [0.05, 0.1) is 26.3 Å². The molecule has 0 aliphatic rings. The van der Waals surface area contributed by atoms with Crippen molar-refractivity contribution >= 4 is 22.6 Å². The fraction of sp³-hybridized carbons (Fsp3) is 0.267. The van der Waals surface area contributed by atoms with Crippen LogP contribution >= 0.6 is 0 Å². The van der Waals surface area contributed by atoms with Gasteiger partial charge in [0.1, 0.15) is 12.0 Å². The maximum absolute atomic E-state index is 11.8. The average molecular weight is 275 g/mol. The monoisotopic (exact) mass is 275 g/mol. The van der Waals surface area contributed by atoms with E-state index in [-0.39, 0.29) is 0 Å². The minimum Gasteiger partial charge on any atom is -0.502 e. The summed E-state index contributed by atoms with van der Waals surface area (Å²) in [5.41, 5.74) is 1.16. The fourth-order valence-electron chi connectivity index (χ4n) is 1.99. The molecular formula is C15H17NO4. The molecule has 106 valence electrons. The largest absolute Gasteiger partial charge is 0.502 e. The van der Waals surface area contributed by atoms with E-state index in [9.17, 15) is 4.79 Å². The molecule has 0 bridgehead atoms. The molecular weight excluding hydrogens is 258 g/mol. The highest BCUT2D eigenvalue weighted by Gasteiger charge is 2.15. The van der Waals surface area contributed by atoms with Crippen LogP contribution in [0.15, 0.2) is 36.7 Å². The molecule has 0 atom stereocenters. The Morgan fingerprint density at radius 1 is 1.30 bits per heavy atom. The van der Waals surface area contributed by atoms with E-state index < -0.39 is 5.97 Å². The minimum atomic E-state index is -0.467. The summed E-state index contributed by atoms with van der Waals surface area (Å²) in [4.78, 5) is 11.8. The van der Waals surface area contributed by atoms with Crippen molar-refractivity contribution in [3.8, 4) is 5.75 Å². The maximum atomic E-state index is 11.8. The number of ether oxygens (including phenoxy) is 3. The highest BCUT2D eigenvalue weighted by Crippen LogP contribution is 2.25. The van der Waals surface area contributed by atoms with Gasteiger partial charge in [-0.1, -0.05) is 0 Å². The van der Waals surface area contributed by atoms with E-state index in [2.05, 4.69) is 0 Å². The van der Waals surface area contributed by atoms with Gasteiger partial charge in [0.25, 0.3) is 0 Å². The molecule has 0 unspecified atom stereocenters. The quantitative estimate of drug-likeness (QED) is 0.478. The number of methoxy groups -OCH3 is 2. The molecule has 1 heterocycles. The molecule has 0 N–H and O–H groups in total. The number of carbonyl (C=O) groups excluding carboxylic acids is 1. The highest BCUT2D eigenvalue weighted by molar-refractivity contribution is 6.11. The third-order valence-corrected chi connectivity index (χ3v) is 2.86. The summed E-state index contributed by atoms with van der Waals surface area (Å²) in [5, 5.41) is 0.999. The Hall–Kier alpha value is -2.43. The van der Waals surface area contributed by atoms with Gasteiger partial charge in [-0.2, -0.15) is 0 Å². The molecule has 0 saturated heterocycles. The van der Waals surface area contributed by atoms with Crippen LogP contribution in [0.3, 0.4) is 0 Å². The summed E-state index contributed by atoms with van der Waals surface area (Å²) in [6, 6.07) is 7.63. The summed E-state index contributed by atoms with van der Waals surface area (Å²) in [5.74, 6) is 0.285. The van der Waals surface area contributed by atoms with Gasteiger partial charge in [0.15, 0.2) is 5.70 Å². The fourth-order valence-corrected chi connectivity index (χ4v) is 1.99. The first-order valence-electron chi connectivity index (χ1n) is 6.26. The molecule has 0 radical (unpaired) electrons. The molecule has 0 aliphatic carbocycles. The molecule has 0 amide bonds. The Labute approximate surface area is 117 Å². The third kappa shape index (κ3) is 2.61. The van der Waals surface area contributed by atoms with E-state index in [4.69, 9.17) is 14.2 Å². The first-order valence-corrected chi connectivity index (χ1v) is 6.26. The van der Waals surface area contributed by atoms with Crippen molar-refractivity contribution in [1.29, 1.82) is 0 Å². The molecule has 2 rings (SSSR count). The van der Waals surface area contributed by atoms with Crippen LogP contribution in [-0.4, -0.2) is 31.4 Å². The van der Waals surface area contributed by atoms with Gasteiger partial charge in [0.2, 0.25) is 0 Å². The van der Waals surface area contributed by atoms with Gasteiger partial charge < -0.3 is 18.8 Å². The molecule has 1 aromatic carbocycles. The summed E-state index contributed by atoms with van der Waals surface area (Å²) in [7, 11) is 2.82. The van der Waals surface area contributed by atoms with Crippen LogP contribution < -0.4 is 4.74 Å². The van der Waals surface area contributed by atoms with Gasteiger partial charge in [-0.3, -0.25) is 0 Å². The lowest BCUT2D eigenvalue weighted by Crippen LogP contribution is -2.10. The first-order chi connectivity index (χ1) is 9.71. The second-order valence-electron chi connectivity index (χ2n) is 4.07. The van der Waals surface area contributed by atoms with Crippen LogP contribution in [0.5, 0.6) is 5.75 Å². The molecule has 2 aromatic rings. The molecule has 0 fully saturated rings. The van der Waals surface area contributed by atoms with Crippen molar-refractivity contribution in [1.82, 2.24) is 4.57 Å². The SMILES string of the molecule is CCOc1ccc2ccn(C(=COC)C(=O)OC)c2c1. The third-order valence-electron chi connectivity index (χ3n) is 2.86. The second kappa shape index (κ2) is 6.14. The number of nitrogens with zero attached hydrogens (tertiary/aromatic N) is 1. The highest BCUT2D eigenvalue weighted by atomic mass is 16.5. The van der Waals surface area contributed by atoms with E-state index in [1.165, 1.54) is 20.5 Å². The second-order valence-corrected chi connectivity index (χ2v) is 4.07. The smallest absolute Gasteiger partial charge is 0.358 e. The molecule has 5 heteroatoms.